The largest absolute Gasteiger partial charge is 0.344 e. The Kier molecular flexibility index (Phi) is 8.40. The molecule has 0 amide bonds. The molecule has 2 nitrogen and oxygen atoms in total. The highest BCUT2D eigenvalue weighted by Crippen LogP contribution is 2.55. The van der Waals surface area contributed by atoms with Crippen LogP contribution >= 0.6 is 0 Å². The lowest BCUT2D eigenvalue weighted by atomic mass is 9.70. The second kappa shape index (κ2) is 14.0. The molecular weight excluding hydrogens is 773 g/mol. The van der Waals surface area contributed by atoms with E-state index >= 15 is 0 Å². The summed E-state index contributed by atoms with van der Waals surface area (Å²) in [7, 11) is 4.44. The molecule has 0 N–H and O–H groups in total. The molecule has 0 atom stereocenters. The van der Waals surface area contributed by atoms with Crippen LogP contribution < -0.4 is 9.80 Å². The Morgan fingerprint density at radius 2 is 0.750 bits per heavy atom. The van der Waals surface area contributed by atoms with Gasteiger partial charge in [0.1, 0.15) is 0 Å². The lowest BCUT2D eigenvalue weighted by Crippen LogP contribution is -2.31. The molecule has 2 aliphatic rings. The van der Waals surface area contributed by atoms with E-state index in [2.05, 4.69) is 246 Å². The summed E-state index contributed by atoms with van der Waals surface area (Å²) in [6, 6.07) is 72.9. The summed E-state index contributed by atoms with van der Waals surface area (Å²) >= 11 is 0. The van der Waals surface area contributed by atoms with Crippen LogP contribution in [0.3, 0.4) is 0 Å². The third kappa shape index (κ3) is 5.45. The molecule has 0 aliphatic carbocycles. The zero-order valence-corrected chi connectivity index (χ0v) is 37.4. The first-order valence-electron chi connectivity index (χ1n) is 22.6. The lowest BCUT2D eigenvalue weighted by molar-refractivity contribution is 0.631. The molecule has 2 aliphatic heterocycles. The summed E-state index contributed by atoms with van der Waals surface area (Å²) in [6.07, 6.45) is 0. The van der Waals surface area contributed by atoms with E-state index in [1.54, 1.807) is 0 Å². The van der Waals surface area contributed by atoms with E-state index in [1.807, 2.05) is 0 Å². The average molecular weight is 823 g/mol. The first-order valence-corrected chi connectivity index (χ1v) is 22.6. The summed E-state index contributed by atoms with van der Waals surface area (Å²) in [6.45, 7) is 9.61. The maximum Gasteiger partial charge on any atom is 0.0455 e. The van der Waals surface area contributed by atoms with Crippen molar-refractivity contribution in [3.63, 3.8) is 0 Å². The summed E-state index contributed by atoms with van der Waals surface area (Å²) < 4.78 is 0. The van der Waals surface area contributed by atoms with Gasteiger partial charge in [0.25, 0.3) is 0 Å². The molecule has 0 aromatic heterocycles. The van der Waals surface area contributed by atoms with Crippen LogP contribution in [0, 0.1) is 0 Å². The van der Waals surface area contributed by atoms with Crippen LogP contribution in [0.4, 0.5) is 22.7 Å². The van der Waals surface area contributed by atoms with Gasteiger partial charge in [-0.2, -0.15) is 0 Å². The molecule has 2 heteroatoms. The molecule has 12 rings (SSSR count). The van der Waals surface area contributed by atoms with Gasteiger partial charge in [-0.3, -0.25) is 0 Å². The zero-order chi connectivity index (χ0) is 43.5. The fraction of sp³-hybridized carbons (Fsp3) is 0.129. The second-order valence-electron chi connectivity index (χ2n) is 19.0. The normalized spacial score (nSPS) is 14.6. The molecule has 0 unspecified atom stereocenters. The van der Waals surface area contributed by atoms with E-state index in [0.29, 0.717) is 0 Å². The number of hydrogen-bond acceptors (Lipinski definition) is 2. The van der Waals surface area contributed by atoms with E-state index in [1.165, 1.54) is 122 Å². The number of hydrogen-bond donors (Lipinski definition) is 0. The third-order valence-electron chi connectivity index (χ3n) is 14.8. The quantitative estimate of drug-likeness (QED) is 0.163. The van der Waals surface area contributed by atoms with Crippen LogP contribution in [0.15, 0.2) is 194 Å². The molecular formula is C62H50N2. The third-order valence-corrected chi connectivity index (χ3v) is 14.8. The SMILES string of the molecule is CN1c2ccccc2C(C)(C)c2c(-c3cccc4c(-c5cc(-c6ccccc6)c6ccccc6c5)c5cccc(-c6cccc7c6C(C)(C)c6ccccc6N7C)c5cc34)cccc21. The molecule has 64 heavy (non-hydrogen) atoms. The van der Waals surface area contributed by atoms with E-state index in [9.17, 15) is 0 Å². The van der Waals surface area contributed by atoms with Gasteiger partial charge in [0, 0.05) is 47.7 Å². The minimum Gasteiger partial charge on any atom is -0.344 e. The molecule has 0 spiro atoms. The van der Waals surface area contributed by atoms with Gasteiger partial charge in [0.15, 0.2) is 0 Å². The van der Waals surface area contributed by atoms with Gasteiger partial charge < -0.3 is 9.80 Å². The number of rotatable bonds is 4. The smallest absolute Gasteiger partial charge is 0.0455 e. The van der Waals surface area contributed by atoms with Crippen LogP contribution in [0.5, 0.6) is 0 Å². The first kappa shape index (κ1) is 38.3. The minimum absolute atomic E-state index is 0.234. The molecule has 308 valence electrons. The Morgan fingerprint density at radius 3 is 1.31 bits per heavy atom. The number of benzene rings is 10. The Morgan fingerprint density at radius 1 is 0.312 bits per heavy atom. The molecule has 0 saturated carbocycles. The summed E-state index contributed by atoms with van der Waals surface area (Å²) in [5, 5.41) is 7.50. The van der Waals surface area contributed by atoms with Crippen molar-refractivity contribution in [3.8, 4) is 44.5 Å². The second-order valence-corrected chi connectivity index (χ2v) is 19.0. The summed E-state index contributed by atoms with van der Waals surface area (Å²) in [5.41, 5.74) is 20.0. The van der Waals surface area contributed by atoms with Gasteiger partial charge in [0.2, 0.25) is 0 Å². The van der Waals surface area contributed by atoms with Crippen molar-refractivity contribution in [2.75, 3.05) is 23.9 Å². The standard InChI is InChI=1S/C62H50N2/c1-61(2)52-30-12-14-32-54(52)63(5)56-34-18-28-47(59(56)61)43-24-16-26-45-50(43)38-51-44(48-29-19-35-57-60(48)62(3,4)53-31-13-15-33-55(53)64(57)6)25-17-27-46(51)58(45)41-36-40-22-10-11-23-42(40)49(37-41)39-20-8-7-9-21-39/h7-38H,1-6H3. The molecule has 10 aromatic rings. The fourth-order valence-electron chi connectivity index (χ4n) is 11.8. The minimum atomic E-state index is -0.234. The number of nitrogens with zero attached hydrogens (tertiary/aromatic N) is 2. The van der Waals surface area contributed by atoms with Gasteiger partial charge in [-0.15, -0.1) is 0 Å². The fourth-order valence-corrected chi connectivity index (χ4v) is 11.8. The Bertz CT molecular complexity index is 3370. The topological polar surface area (TPSA) is 6.48 Å². The van der Waals surface area contributed by atoms with Gasteiger partial charge in [-0.05, 0) is 142 Å². The number of anilines is 4. The molecule has 0 bridgehead atoms. The number of fused-ring (bicyclic) bond motifs is 7. The van der Waals surface area contributed by atoms with Crippen LogP contribution in [0.25, 0.3) is 76.8 Å². The van der Waals surface area contributed by atoms with Crippen molar-refractivity contribution in [2.24, 2.45) is 0 Å². The van der Waals surface area contributed by atoms with Crippen molar-refractivity contribution < 1.29 is 0 Å². The van der Waals surface area contributed by atoms with Crippen molar-refractivity contribution in [1.82, 2.24) is 0 Å². The van der Waals surface area contributed by atoms with Crippen LogP contribution in [0.2, 0.25) is 0 Å². The van der Waals surface area contributed by atoms with Crippen LogP contribution in [-0.2, 0) is 10.8 Å². The number of para-hydroxylation sites is 2. The molecule has 0 radical (unpaired) electrons. The Hall–Kier alpha value is -7.42. The zero-order valence-electron chi connectivity index (χ0n) is 37.4. The van der Waals surface area contributed by atoms with Gasteiger partial charge >= 0.3 is 0 Å². The summed E-state index contributed by atoms with van der Waals surface area (Å²) in [4.78, 5) is 4.78. The highest BCUT2D eigenvalue weighted by Gasteiger charge is 2.39. The maximum atomic E-state index is 2.53. The van der Waals surface area contributed by atoms with E-state index in [-0.39, 0.29) is 10.8 Å². The lowest BCUT2D eigenvalue weighted by Gasteiger charge is -2.42. The highest BCUT2D eigenvalue weighted by atomic mass is 15.1. The van der Waals surface area contributed by atoms with Crippen molar-refractivity contribution in [2.45, 2.75) is 38.5 Å². The average Bonchev–Trinajstić information content (AvgIpc) is 3.33. The van der Waals surface area contributed by atoms with Gasteiger partial charge in [-0.1, -0.05) is 179 Å². The van der Waals surface area contributed by atoms with E-state index < -0.39 is 0 Å². The van der Waals surface area contributed by atoms with Gasteiger partial charge in [0.05, 0.1) is 0 Å². The molecule has 0 fully saturated rings. The molecule has 0 saturated heterocycles. The van der Waals surface area contributed by atoms with Crippen molar-refractivity contribution in [3.05, 3.63) is 216 Å². The van der Waals surface area contributed by atoms with Crippen molar-refractivity contribution in [1.29, 1.82) is 0 Å². The van der Waals surface area contributed by atoms with Crippen LogP contribution in [0.1, 0.15) is 49.9 Å². The van der Waals surface area contributed by atoms with E-state index in [4.69, 9.17) is 0 Å². The Labute approximate surface area is 376 Å². The maximum absolute atomic E-state index is 2.53. The molecule has 10 aromatic carbocycles. The summed E-state index contributed by atoms with van der Waals surface area (Å²) in [5.74, 6) is 0. The van der Waals surface area contributed by atoms with E-state index in [0.717, 1.165) is 0 Å². The monoisotopic (exact) mass is 822 g/mol. The van der Waals surface area contributed by atoms with Crippen molar-refractivity contribution >= 4 is 55.1 Å². The molecule has 2 heterocycles. The Balaban J connectivity index is 1.21. The predicted molar refractivity (Wildman–Crippen MR) is 274 cm³/mol. The van der Waals surface area contributed by atoms with Crippen LogP contribution in [-0.4, -0.2) is 14.1 Å². The first-order chi connectivity index (χ1) is 31.1. The predicted octanol–water partition coefficient (Wildman–Crippen LogP) is 16.6. The van der Waals surface area contributed by atoms with Gasteiger partial charge in [-0.25, -0.2) is 0 Å². The highest BCUT2D eigenvalue weighted by molar-refractivity contribution is 6.20.